The van der Waals surface area contributed by atoms with Crippen LogP contribution in [0.25, 0.3) is 0 Å². The molecule has 0 N–H and O–H groups in total. The molecule has 0 aliphatic rings. The molecule has 0 radical (unpaired) electrons. The van der Waals surface area contributed by atoms with Gasteiger partial charge in [0, 0.05) is 0 Å². The third kappa shape index (κ3) is 2.57. The second kappa shape index (κ2) is 4.89. The number of rotatable bonds is 2. The van der Waals surface area contributed by atoms with Crippen LogP contribution in [0.4, 0.5) is 0 Å². The molecule has 0 aliphatic carbocycles. The van der Waals surface area contributed by atoms with Gasteiger partial charge in [-0.15, -0.1) is 0 Å². The minimum absolute atomic E-state index is 0.593. The van der Waals surface area contributed by atoms with Gasteiger partial charge in [-0.3, -0.25) is 0 Å². The molecule has 0 heterocycles. The summed E-state index contributed by atoms with van der Waals surface area (Å²) in [5.74, 6) is 1.42. The minimum Gasteiger partial charge on any atom is -0.455 e. The van der Waals surface area contributed by atoms with Crippen molar-refractivity contribution in [2.24, 2.45) is 0 Å². The molecule has 2 aromatic carbocycles. The van der Waals surface area contributed by atoms with Crippen molar-refractivity contribution in [2.45, 2.75) is 6.92 Å². The van der Waals surface area contributed by atoms with Gasteiger partial charge in [-0.25, -0.2) is 0 Å². The van der Waals surface area contributed by atoms with E-state index in [9.17, 15) is 0 Å². The molecular weight excluding hydrogens is 287 g/mol. The number of hydrogen-bond donors (Lipinski definition) is 0. The molecule has 0 bridgehead atoms. The van der Waals surface area contributed by atoms with E-state index in [-0.39, 0.29) is 0 Å². The highest BCUT2D eigenvalue weighted by Crippen LogP contribution is 2.36. The van der Waals surface area contributed by atoms with Crippen LogP contribution in [-0.2, 0) is 0 Å². The van der Waals surface area contributed by atoms with Crippen LogP contribution in [0, 0.1) is 6.92 Å². The van der Waals surface area contributed by atoms with Crippen LogP contribution in [0.5, 0.6) is 11.5 Å². The molecule has 0 aliphatic heterocycles. The summed E-state index contributed by atoms with van der Waals surface area (Å²) in [6, 6.07) is 13.4. The van der Waals surface area contributed by atoms with Crippen LogP contribution < -0.4 is 4.74 Å². The molecular formula is C13H10BrClO. The number of hydrogen-bond acceptors (Lipinski definition) is 1. The molecule has 0 atom stereocenters. The molecule has 3 heteroatoms. The third-order valence-corrected chi connectivity index (χ3v) is 3.08. The topological polar surface area (TPSA) is 9.23 Å². The maximum Gasteiger partial charge on any atom is 0.160 e. The zero-order valence-corrected chi connectivity index (χ0v) is 11.0. The third-order valence-electron chi connectivity index (χ3n) is 2.16. The molecule has 1 nitrogen and oxygen atoms in total. The average Bonchev–Trinajstić information content (AvgIpc) is 2.26. The Labute approximate surface area is 108 Å². The second-order valence-corrected chi connectivity index (χ2v) is 4.73. The minimum atomic E-state index is 0.593. The van der Waals surface area contributed by atoms with Gasteiger partial charge in [0.15, 0.2) is 5.75 Å². The van der Waals surface area contributed by atoms with Crippen LogP contribution in [-0.4, -0.2) is 0 Å². The monoisotopic (exact) mass is 296 g/mol. The van der Waals surface area contributed by atoms with Crippen molar-refractivity contribution in [3.63, 3.8) is 0 Å². The zero-order chi connectivity index (χ0) is 11.5. The van der Waals surface area contributed by atoms with Gasteiger partial charge in [0.05, 0.1) is 9.50 Å². The standard InChI is InChI=1S/C13H10BrClO/c1-9-5-7-10(8-6-9)16-13-11(14)3-2-4-12(13)15/h2-8H,1H3. The van der Waals surface area contributed by atoms with Crippen LogP contribution >= 0.6 is 27.5 Å². The number of para-hydroxylation sites is 1. The van der Waals surface area contributed by atoms with E-state index in [2.05, 4.69) is 15.9 Å². The number of ether oxygens (including phenoxy) is 1. The summed E-state index contributed by atoms with van der Waals surface area (Å²) < 4.78 is 6.56. The first-order chi connectivity index (χ1) is 7.66. The zero-order valence-electron chi connectivity index (χ0n) is 8.71. The van der Waals surface area contributed by atoms with E-state index in [4.69, 9.17) is 16.3 Å². The van der Waals surface area contributed by atoms with Crippen molar-refractivity contribution in [1.29, 1.82) is 0 Å². The van der Waals surface area contributed by atoms with Crippen LogP contribution in [0.15, 0.2) is 46.9 Å². The van der Waals surface area contributed by atoms with Crippen molar-refractivity contribution in [2.75, 3.05) is 0 Å². The number of halogens is 2. The fourth-order valence-corrected chi connectivity index (χ4v) is 2.08. The normalized spacial score (nSPS) is 10.2. The molecule has 0 saturated heterocycles. The average molecular weight is 298 g/mol. The van der Waals surface area contributed by atoms with Gasteiger partial charge < -0.3 is 4.74 Å². The first kappa shape index (κ1) is 11.5. The molecule has 2 aromatic rings. The maximum absolute atomic E-state index is 6.06. The predicted octanol–water partition coefficient (Wildman–Crippen LogP) is 5.20. The Morgan fingerprint density at radius 1 is 1.06 bits per heavy atom. The summed E-state index contributed by atoms with van der Waals surface area (Å²) in [6.07, 6.45) is 0. The van der Waals surface area contributed by atoms with Gasteiger partial charge in [0.25, 0.3) is 0 Å². The Hall–Kier alpha value is -0.990. The van der Waals surface area contributed by atoms with E-state index in [0.29, 0.717) is 10.8 Å². The van der Waals surface area contributed by atoms with Crippen molar-refractivity contribution < 1.29 is 4.74 Å². The number of benzene rings is 2. The summed E-state index contributed by atoms with van der Waals surface area (Å²) in [7, 11) is 0. The molecule has 16 heavy (non-hydrogen) atoms. The predicted molar refractivity (Wildman–Crippen MR) is 70.4 cm³/mol. The van der Waals surface area contributed by atoms with E-state index >= 15 is 0 Å². The molecule has 0 amide bonds. The van der Waals surface area contributed by atoms with Crippen LogP contribution in [0.1, 0.15) is 5.56 Å². The summed E-state index contributed by atoms with van der Waals surface area (Å²) in [4.78, 5) is 0. The van der Waals surface area contributed by atoms with Crippen molar-refractivity contribution >= 4 is 27.5 Å². The van der Waals surface area contributed by atoms with Crippen molar-refractivity contribution in [3.8, 4) is 11.5 Å². The molecule has 0 saturated carbocycles. The lowest BCUT2D eigenvalue weighted by molar-refractivity contribution is 0.480. The summed E-state index contributed by atoms with van der Waals surface area (Å²) in [6.45, 7) is 2.04. The quantitative estimate of drug-likeness (QED) is 0.740. The fraction of sp³-hybridized carbons (Fsp3) is 0.0769. The van der Waals surface area contributed by atoms with E-state index in [0.717, 1.165) is 10.2 Å². The molecule has 0 fully saturated rings. The molecule has 82 valence electrons. The fourth-order valence-electron chi connectivity index (χ4n) is 1.30. The van der Waals surface area contributed by atoms with E-state index in [1.54, 1.807) is 6.07 Å². The first-order valence-corrected chi connectivity index (χ1v) is 6.02. The van der Waals surface area contributed by atoms with Crippen molar-refractivity contribution in [3.05, 3.63) is 57.5 Å². The SMILES string of the molecule is Cc1ccc(Oc2c(Cl)cccc2Br)cc1. The Morgan fingerprint density at radius 2 is 1.75 bits per heavy atom. The Kier molecular flexibility index (Phi) is 3.52. The Morgan fingerprint density at radius 3 is 2.38 bits per heavy atom. The van der Waals surface area contributed by atoms with E-state index in [1.807, 2.05) is 43.3 Å². The summed E-state index contributed by atoms with van der Waals surface area (Å²) in [5.41, 5.74) is 1.20. The van der Waals surface area contributed by atoms with Gasteiger partial charge in [-0.05, 0) is 47.1 Å². The smallest absolute Gasteiger partial charge is 0.160 e. The molecule has 0 unspecified atom stereocenters. The lowest BCUT2D eigenvalue weighted by Crippen LogP contribution is -1.86. The Bertz CT molecular complexity index is 474. The second-order valence-electron chi connectivity index (χ2n) is 3.47. The van der Waals surface area contributed by atoms with Gasteiger partial charge in [-0.1, -0.05) is 35.4 Å². The maximum atomic E-state index is 6.06. The largest absolute Gasteiger partial charge is 0.455 e. The summed E-state index contributed by atoms with van der Waals surface area (Å²) in [5, 5.41) is 0.593. The summed E-state index contributed by atoms with van der Waals surface area (Å²) >= 11 is 9.47. The highest BCUT2D eigenvalue weighted by atomic mass is 79.9. The highest BCUT2D eigenvalue weighted by molar-refractivity contribution is 9.10. The van der Waals surface area contributed by atoms with Crippen LogP contribution in [0.3, 0.4) is 0 Å². The van der Waals surface area contributed by atoms with Gasteiger partial charge in [-0.2, -0.15) is 0 Å². The lowest BCUT2D eigenvalue weighted by Gasteiger charge is -2.09. The van der Waals surface area contributed by atoms with Gasteiger partial charge in [0.1, 0.15) is 5.75 Å². The molecule has 2 rings (SSSR count). The number of aryl methyl sites for hydroxylation is 1. The van der Waals surface area contributed by atoms with E-state index < -0.39 is 0 Å². The highest BCUT2D eigenvalue weighted by Gasteiger charge is 2.06. The lowest BCUT2D eigenvalue weighted by atomic mass is 10.2. The van der Waals surface area contributed by atoms with Crippen molar-refractivity contribution in [1.82, 2.24) is 0 Å². The molecule has 0 aromatic heterocycles. The first-order valence-electron chi connectivity index (χ1n) is 4.85. The molecule has 0 spiro atoms. The Balaban J connectivity index is 2.30. The van der Waals surface area contributed by atoms with Gasteiger partial charge >= 0.3 is 0 Å². The van der Waals surface area contributed by atoms with Crippen LogP contribution in [0.2, 0.25) is 5.02 Å². The van der Waals surface area contributed by atoms with E-state index in [1.165, 1.54) is 5.56 Å². The van der Waals surface area contributed by atoms with Gasteiger partial charge in [0.2, 0.25) is 0 Å².